The highest BCUT2D eigenvalue weighted by atomic mass is 32.2. The van der Waals surface area contributed by atoms with Gasteiger partial charge in [0.05, 0.1) is 0 Å². The van der Waals surface area contributed by atoms with Gasteiger partial charge in [-0.05, 0) is 84.1 Å². The average molecular weight is 544 g/mol. The smallest absolute Gasteiger partial charge is 0.408 e. The lowest BCUT2D eigenvalue weighted by molar-refractivity contribution is -0.143. The monoisotopic (exact) mass is 543 g/mol. The van der Waals surface area contributed by atoms with E-state index in [9.17, 15) is 19.5 Å². The van der Waals surface area contributed by atoms with E-state index in [4.69, 9.17) is 4.74 Å². The first kappa shape index (κ1) is 31.0. The van der Waals surface area contributed by atoms with E-state index in [0.29, 0.717) is 29.0 Å². The van der Waals surface area contributed by atoms with Gasteiger partial charge in [-0.25, -0.2) is 4.79 Å². The molecule has 0 aliphatic heterocycles. The number of hydrogen-bond donors (Lipinski definition) is 3. The zero-order chi connectivity index (χ0) is 28.6. The Balaban J connectivity index is 2.57. The first-order valence-electron chi connectivity index (χ1n) is 12.7. The van der Waals surface area contributed by atoms with Crippen LogP contribution in [-0.4, -0.2) is 57.6 Å². The van der Waals surface area contributed by atoms with Crippen LogP contribution in [0.15, 0.2) is 42.5 Å². The predicted octanol–water partition coefficient (Wildman–Crippen LogP) is 5.57. The lowest BCUT2D eigenvalue weighted by Gasteiger charge is -2.37. The number of para-hydroxylation sites is 2. The molecule has 0 saturated heterocycles. The van der Waals surface area contributed by atoms with Crippen LogP contribution in [0.3, 0.4) is 0 Å². The summed E-state index contributed by atoms with van der Waals surface area (Å²) in [6.45, 7) is 12.5. The Hall–Kier alpha value is -3.20. The van der Waals surface area contributed by atoms with Crippen molar-refractivity contribution in [3.63, 3.8) is 0 Å². The average Bonchev–Trinajstić information content (AvgIpc) is 2.81. The minimum absolute atomic E-state index is 0.0587. The first-order chi connectivity index (χ1) is 17.8. The molecule has 2 rings (SSSR count). The van der Waals surface area contributed by atoms with Crippen LogP contribution in [-0.2, 0) is 14.3 Å². The summed E-state index contributed by atoms with van der Waals surface area (Å²) in [7, 11) is 0. The molecule has 38 heavy (non-hydrogen) atoms. The zero-order valence-corrected chi connectivity index (χ0v) is 24.4. The Morgan fingerprint density at radius 3 is 2.24 bits per heavy atom. The van der Waals surface area contributed by atoms with Gasteiger partial charge in [0.1, 0.15) is 23.4 Å². The second kappa shape index (κ2) is 13.6. The van der Waals surface area contributed by atoms with E-state index in [1.807, 2.05) is 31.4 Å². The number of aryl methyl sites for hydroxylation is 2. The molecule has 0 aliphatic rings. The molecule has 2 unspecified atom stereocenters. The molecule has 0 fully saturated rings. The number of anilines is 1. The molecule has 0 bridgehead atoms. The van der Waals surface area contributed by atoms with E-state index < -0.39 is 41.6 Å². The van der Waals surface area contributed by atoms with E-state index >= 15 is 0 Å². The molecule has 2 aromatic carbocycles. The molecule has 8 nitrogen and oxygen atoms in total. The highest BCUT2D eigenvalue weighted by Crippen LogP contribution is 2.34. The zero-order valence-electron chi connectivity index (χ0n) is 23.6. The van der Waals surface area contributed by atoms with Crippen molar-refractivity contribution in [1.29, 1.82) is 0 Å². The van der Waals surface area contributed by atoms with E-state index in [2.05, 4.69) is 10.6 Å². The van der Waals surface area contributed by atoms with Gasteiger partial charge in [-0.2, -0.15) is 11.8 Å². The lowest BCUT2D eigenvalue weighted by atomic mass is 9.97. The normalized spacial score (nSPS) is 13.0. The predicted molar refractivity (Wildman–Crippen MR) is 154 cm³/mol. The number of aromatic hydroxyl groups is 1. The molecular formula is C29H41N3O5S. The molecule has 0 aromatic heterocycles. The number of ether oxygens (including phenoxy) is 1. The molecular weight excluding hydrogens is 502 g/mol. The summed E-state index contributed by atoms with van der Waals surface area (Å²) >= 11 is 1.54. The lowest BCUT2D eigenvalue weighted by Crippen LogP contribution is -2.54. The second-order valence-corrected chi connectivity index (χ2v) is 11.5. The summed E-state index contributed by atoms with van der Waals surface area (Å²) in [5.74, 6) is -0.362. The van der Waals surface area contributed by atoms with Gasteiger partial charge < -0.3 is 25.4 Å². The number of carbonyl (C=O) groups is 3. The van der Waals surface area contributed by atoms with Gasteiger partial charge in [-0.1, -0.05) is 36.4 Å². The molecule has 3 N–H and O–H groups in total. The van der Waals surface area contributed by atoms with Crippen LogP contribution in [0.25, 0.3) is 0 Å². The van der Waals surface area contributed by atoms with Crippen LogP contribution in [0.4, 0.5) is 10.5 Å². The largest absolute Gasteiger partial charge is 0.507 e. The number of thioether (sulfide) groups is 1. The Bertz CT molecular complexity index is 1130. The van der Waals surface area contributed by atoms with Crippen LogP contribution in [0.5, 0.6) is 5.75 Å². The van der Waals surface area contributed by atoms with E-state index in [1.165, 1.54) is 4.90 Å². The number of alkyl carbamates (subject to hydrolysis) is 1. The minimum Gasteiger partial charge on any atom is -0.507 e. The number of hydrogen-bond acceptors (Lipinski definition) is 6. The fourth-order valence-corrected chi connectivity index (χ4v) is 4.51. The molecule has 0 aliphatic carbocycles. The number of phenolic OH excluding ortho intramolecular Hbond substituents is 1. The summed E-state index contributed by atoms with van der Waals surface area (Å²) in [5.41, 5.74) is 1.62. The van der Waals surface area contributed by atoms with Crippen LogP contribution < -0.4 is 10.6 Å². The van der Waals surface area contributed by atoms with Crippen molar-refractivity contribution in [2.75, 3.05) is 17.3 Å². The number of nitrogens with one attached hydrogen (secondary N) is 2. The Morgan fingerprint density at radius 2 is 1.66 bits per heavy atom. The van der Waals surface area contributed by atoms with Gasteiger partial charge in [-0.15, -0.1) is 0 Å². The highest BCUT2D eigenvalue weighted by molar-refractivity contribution is 7.98. The molecule has 9 heteroatoms. The third-order valence-electron chi connectivity index (χ3n) is 5.90. The first-order valence-corrected chi connectivity index (χ1v) is 14.1. The number of nitrogens with zero attached hydrogens (tertiary/aromatic N) is 1. The minimum atomic E-state index is -1.15. The van der Waals surface area contributed by atoms with E-state index in [-0.39, 0.29) is 5.75 Å². The third kappa shape index (κ3) is 8.41. The van der Waals surface area contributed by atoms with Crippen LogP contribution >= 0.6 is 11.8 Å². The molecule has 0 spiro atoms. The van der Waals surface area contributed by atoms with Crippen molar-refractivity contribution in [3.8, 4) is 5.75 Å². The summed E-state index contributed by atoms with van der Waals surface area (Å²) in [4.78, 5) is 42.1. The molecule has 0 saturated carbocycles. The maximum Gasteiger partial charge on any atom is 0.408 e. The van der Waals surface area contributed by atoms with Crippen molar-refractivity contribution >= 4 is 35.4 Å². The van der Waals surface area contributed by atoms with Gasteiger partial charge in [0.25, 0.3) is 5.91 Å². The number of carbonyl (C=O) groups excluding carboxylic acids is 3. The number of amides is 3. The summed E-state index contributed by atoms with van der Waals surface area (Å²) in [6.07, 6.45) is 1.55. The number of rotatable bonds is 10. The van der Waals surface area contributed by atoms with Crippen molar-refractivity contribution in [2.24, 2.45) is 0 Å². The SMILES string of the molecule is CSCCC(NC(=O)OC(C)(C)C)C(=O)N(C(C)C)C(C(=O)Nc1ccccc1C)c1cccc(C)c1O. The van der Waals surface area contributed by atoms with Crippen LogP contribution in [0.2, 0.25) is 0 Å². The number of phenols is 1. The van der Waals surface area contributed by atoms with Crippen molar-refractivity contribution in [2.45, 2.75) is 78.6 Å². The molecule has 208 valence electrons. The fourth-order valence-electron chi connectivity index (χ4n) is 4.04. The van der Waals surface area contributed by atoms with Gasteiger partial charge in [-0.3, -0.25) is 9.59 Å². The van der Waals surface area contributed by atoms with E-state index in [0.717, 1.165) is 5.56 Å². The third-order valence-corrected chi connectivity index (χ3v) is 6.55. The topological polar surface area (TPSA) is 108 Å². The van der Waals surface area contributed by atoms with Crippen molar-refractivity contribution in [1.82, 2.24) is 10.2 Å². The van der Waals surface area contributed by atoms with Crippen molar-refractivity contribution in [3.05, 3.63) is 59.2 Å². The van der Waals surface area contributed by atoms with Gasteiger partial charge in [0, 0.05) is 17.3 Å². The Labute approximate surface area is 230 Å². The van der Waals surface area contributed by atoms with Crippen LogP contribution in [0, 0.1) is 13.8 Å². The molecule has 0 heterocycles. The van der Waals surface area contributed by atoms with E-state index in [1.54, 1.807) is 77.6 Å². The molecule has 0 radical (unpaired) electrons. The van der Waals surface area contributed by atoms with Gasteiger partial charge in [0.2, 0.25) is 5.91 Å². The molecule has 2 aromatic rings. The fraction of sp³-hybridized carbons (Fsp3) is 0.483. The quantitative estimate of drug-likeness (QED) is 0.362. The summed E-state index contributed by atoms with van der Waals surface area (Å²) in [5, 5.41) is 16.6. The summed E-state index contributed by atoms with van der Waals surface area (Å²) in [6, 6.07) is 9.95. The number of benzene rings is 2. The highest BCUT2D eigenvalue weighted by Gasteiger charge is 2.39. The maximum absolute atomic E-state index is 14.1. The Kier molecular flexibility index (Phi) is 11.1. The van der Waals surface area contributed by atoms with Crippen LogP contribution in [0.1, 0.15) is 63.8 Å². The molecule has 2 atom stereocenters. The second-order valence-electron chi connectivity index (χ2n) is 10.5. The van der Waals surface area contributed by atoms with Gasteiger partial charge >= 0.3 is 6.09 Å². The Morgan fingerprint density at radius 1 is 1.03 bits per heavy atom. The summed E-state index contributed by atoms with van der Waals surface area (Å²) < 4.78 is 5.41. The van der Waals surface area contributed by atoms with Gasteiger partial charge in [0.15, 0.2) is 0 Å². The van der Waals surface area contributed by atoms with Crippen molar-refractivity contribution < 1.29 is 24.2 Å². The molecule has 3 amide bonds. The standard InChI is InChI=1S/C29H41N3O5S/c1-18(2)32(27(35)23(16-17-38-8)31-28(36)37-29(5,6)7)24(21-14-11-13-20(4)25(21)33)26(34)30-22-15-10-9-12-19(22)3/h9-15,18,23-24,33H,16-17H2,1-8H3,(H,30,34)(H,31,36). The maximum atomic E-state index is 14.1.